The number of para-hydroxylation sites is 2. The molecule has 0 spiro atoms. The number of nitrogens with zero attached hydrogens (tertiary/aromatic N) is 4. The van der Waals surface area contributed by atoms with Crippen molar-refractivity contribution in [3.8, 4) is 39.7 Å². The number of fused-ring (bicyclic) bond motifs is 14. The molecule has 63 heavy (non-hydrogen) atoms. The molecule has 0 unspecified atom stereocenters. The van der Waals surface area contributed by atoms with E-state index in [1.54, 1.807) is 22.7 Å². The predicted molar refractivity (Wildman–Crippen MR) is 267 cm³/mol. The van der Waals surface area contributed by atoms with E-state index in [1.165, 1.54) is 30.9 Å². The Morgan fingerprint density at radius 2 is 0.968 bits per heavy atom. The van der Waals surface area contributed by atoms with Gasteiger partial charge in [0, 0.05) is 63.6 Å². The average Bonchev–Trinajstić information content (AvgIpc) is 4.09. The van der Waals surface area contributed by atoms with Crippen molar-refractivity contribution in [2.24, 2.45) is 0 Å². The van der Waals surface area contributed by atoms with Crippen molar-refractivity contribution in [1.29, 1.82) is 5.26 Å². The van der Waals surface area contributed by atoms with E-state index in [1.807, 2.05) is 30.3 Å². The summed E-state index contributed by atoms with van der Waals surface area (Å²) in [6.45, 7) is 11.5. The minimum Gasteiger partial charge on any atom is -0.316 e. The second-order valence-electron chi connectivity index (χ2n) is 16.2. The molecule has 0 saturated carbocycles. The summed E-state index contributed by atoms with van der Waals surface area (Å²) in [6.07, 6.45) is 0. The van der Waals surface area contributed by atoms with Crippen molar-refractivity contribution in [1.82, 2.24) is 9.13 Å². The zero-order valence-corrected chi connectivity index (χ0v) is 35.5. The van der Waals surface area contributed by atoms with Gasteiger partial charge in [-0.3, -0.25) is 0 Å². The average molecular weight is 837 g/mol. The maximum absolute atomic E-state index is 11.8. The van der Waals surface area contributed by atoms with Crippen LogP contribution in [0.4, 0.5) is 5.69 Å². The van der Waals surface area contributed by atoms with Crippen LogP contribution in [-0.2, 0) is 0 Å². The van der Waals surface area contributed by atoms with Gasteiger partial charge in [-0.25, -0.2) is 4.85 Å². The van der Waals surface area contributed by atoms with Crippen molar-refractivity contribution < 1.29 is 0 Å². The largest absolute Gasteiger partial charge is 0.316 e. The molecule has 0 saturated heterocycles. The minimum atomic E-state index is 0.440. The summed E-state index contributed by atoms with van der Waals surface area (Å²) in [5, 5.41) is 21.0. The highest BCUT2D eigenvalue weighted by Crippen LogP contribution is 2.55. The summed E-state index contributed by atoms with van der Waals surface area (Å²) in [5.74, 6) is 0. The lowest BCUT2D eigenvalue weighted by Gasteiger charge is -2.26. The summed E-state index contributed by atoms with van der Waals surface area (Å²) in [5.41, 5.74) is 10.8. The van der Waals surface area contributed by atoms with Crippen molar-refractivity contribution in [3.05, 3.63) is 198 Å². The smallest absolute Gasteiger partial charge is 0.220 e. The first-order valence-corrected chi connectivity index (χ1v) is 22.6. The molecule has 13 rings (SSSR count). The maximum atomic E-state index is 11.8. The predicted octanol–water partition coefficient (Wildman–Crippen LogP) is 16.7. The zero-order chi connectivity index (χ0) is 41.9. The number of aryl methyl sites for hydroxylation is 1. The molecule has 6 heteroatoms. The third-order valence-corrected chi connectivity index (χ3v) is 15.3. The summed E-state index contributed by atoms with van der Waals surface area (Å²) in [7, 11) is 0. The first kappa shape index (κ1) is 35.7. The lowest BCUT2D eigenvalue weighted by atomic mass is 9.87. The summed E-state index contributed by atoms with van der Waals surface area (Å²) in [4.78, 5) is 4.61. The van der Waals surface area contributed by atoms with Crippen LogP contribution in [0.25, 0.3) is 122 Å². The molecule has 292 valence electrons. The lowest BCUT2D eigenvalue weighted by molar-refractivity contribution is 1.14. The van der Waals surface area contributed by atoms with E-state index in [2.05, 4.69) is 173 Å². The first-order chi connectivity index (χ1) is 31.1. The van der Waals surface area contributed by atoms with Gasteiger partial charge in [0.05, 0.1) is 55.0 Å². The fourth-order valence-corrected chi connectivity index (χ4v) is 12.8. The van der Waals surface area contributed by atoms with E-state index < -0.39 is 0 Å². The molecule has 4 nitrogen and oxygen atoms in total. The summed E-state index contributed by atoms with van der Waals surface area (Å²) in [6, 6.07) is 64.7. The molecule has 9 aromatic carbocycles. The molecule has 4 heterocycles. The van der Waals surface area contributed by atoms with Gasteiger partial charge in [-0.05, 0) is 47.9 Å². The van der Waals surface area contributed by atoms with Gasteiger partial charge in [0.1, 0.15) is 6.07 Å². The second kappa shape index (κ2) is 13.5. The number of hydrogen-bond donors (Lipinski definition) is 0. The molecule has 0 bridgehead atoms. The summed E-state index contributed by atoms with van der Waals surface area (Å²) >= 11 is 3.61. The molecular formula is C57H32N4S2. The topological polar surface area (TPSA) is 38.0 Å². The molecule has 4 aromatic heterocycles. The fraction of sp³-hybridized carbons (Fsp3) is 0.0175. The number of hydrogen-bond acceptors (Lipinski definition) is 3. The molecular weight excluding hydrogens is 805 g/mol. The van der Waals surface area contributed by atoms with Crippen LogP contribution in [0.3, 0.4) is 0 Å². The Morgan fingerprint density at radius 3 is 1.52 bits per heavy atom. The molecule has 0 amide bonds. The van der Waals surface area contributed by atoms with Crippen LogP contribution in [0.1, 0.15) is 11.1 Å². The van der Waals surface area contributed by atoms with Crippen LogP contribution in [0.5, 0.6) is 0 Å². The molecule has 0 aliphatic rings. The normalized spacial score (nSPS) is 11.9. The van der Waals surface area contributed by atoms with Crippen LogP contribution in [-0.4, -0.2) is 9.13 Å². The highest BCUT2D eigenvalue weighted by atomic mass is 32.1. The number of nitriles is 1. The fourth-order valence-electron chi connectivity index (χ4n) is 10.3. The van der Waals surface area contributed by atoms with Gasteiger partial charge < -0.3 is 9.13 Å². The van der Waals surface area contributed by atoms with Gasteiger partial charge in [0.15, 0.2) is 0 Å². The summed E-state index contributed by atoms with van der Waals surface area (Å²) < 4.78 is 9.49. The maximum Gasteiger partial charge on any atom is 0.220 e. The van der Waals surface area contributed by atoms with Crippen molar-refractivity contribution >= 4 is 112 Å². The van der Waals surface area contributed by atoms with Gasteiger partial charge in [-0.2, -0.15) is 5.26 Å². The third kappa shape index (κ3) is 4.88. The van der Waals surface area contributed by atoms with Gasteiger partial charge in [0.25, 0.3) is 0 Å². The van der Waals surface area contributed by atoms with Crippen molar-refractivity contribution in [3.63, 3.8) is 0 Å². The van der Waals surface area contributed by atoms with Crippen LogP contribution < -0.4 is 0 Å². The first-order valence-electron chi connectivity index (χ1n) is 20.9. The quantitative estimate of drug-likeness (QED) is 0.163. The van der Waals surface area contributed by atoms with E-state index in [0.717, 1.165) is 86.6 Å². The van der Waals surface area contributed by atoms with Gasteiger partial charge in [-0.15, -0.1) is 22.7 Å². The monoisotopic (exact) mass is 836 g/mol. The highest BCUT2D eigenvalue weighted by molar-refractivity contribution is 7.27. The molecule has 0 atom stereocenters. The Hall–Kier alpha value is -8.00. The Kier molecular flexibility index (Phi) is 7.66. The van der Waals surface area contributed by atoms with E-state index in [9.17, 15) is 11.8 Å². The molecule has 13 aromatic rings. The Morgan fingerprint density at radius 1 is 0.476 bits per heavy atom. The lowest BCUT2D eigenvalue weighted by Crippen LogP contribution is -2.09. The molecule has 0 aliphatic heterocycles. The van der Waals surface area contributed by atoms with Crippen LogP contribution >= 0.6 is 22.7 Å². The number of aromatic nitrogens is 2. The molecule has 0 radical (unpaired) electrons. The van der Waals surface area contributed by atoms with E-state index in [4.69, 9.17) is 0 Å². The SMILES string of the molecule is [C-]#[N+]c1c(-c2ccccc2)c(C#N)c(-n2c3ccccc3c3ccccc32)c(-c2ccccc2C)c1-n1c2c(ccc3c4ccccc4sc32)c2ccc3c4ccccc4sc3c21. The minimum absolute atomic E-state index is 0.440. The number of benzene rings is 9. The Bertz CT molecular complexity index is 4000. The van der Waals surface area contributed by atoms with Crippen LogP contribution in [0, 0.1) is 24.8 Å². The number of rotatable bonds is 4. The van der Waals surface area contributed by atoms with Crippen molar-refractivity contribution in [2.45, 2.75) is 6.92 Å². The Labute approximate surface area is 369 Å². The zero-order valence-electron chi connectivity index (χ0n) is 33.8. The molecule has 0 fully saturated rings. The third-order valence-electron chi connectivity index (χ3n) is 12.9. The standard InChI is InChI=1S/C57H32N4S2/c1-33-16-6-7-19-35(33)50-52(60-45-24-12-8-20-36(45)37-21-9-13-25-46(37)60)44(32-58)49(34-17-4-3-5-18-34)51(59-2)55(50)61-53-40(28-30-42-38-22-10-14-26-47(38)62-56(42)53)41-29-31-43-39-23-11-15-27-48(39)63-57(43)54(41)61/h3-31H,1H3. The highest BCUT2D eigenvalue weighted by Gasteiger charge is 2.33. The molecule has 0 aliphatic carbocycles. The van der Waals surface area contributed by atoms with Gasteiger partial charge >= 0.3 is 0 Å². The van der Waals surface area contributed by atoms with Gasteiger partial charge in [-0.1, -0.05) is 152 Å². The van der Waals surface area contributed by atoms with Crippen LogP contribution in [0.2, 0.25) is 0 Å². The van der Waals surface area contributed by atoms with Gasteiger partial charge in [0.2, 0.25) is 5.69 Å². The Balaban J connectivity index is 1.38. The van der Waals surface area contributed by atoms with Crippen LogP contribution in [0.15, 0.2) is 176 Å². The second-order valence-corrected chi connectivity index (χ2v) is 18.3. The molecule has 0 N–H and O–H groups in total. The van der Waals surface area contributed by atoms with E-state index in [0.29, 0.717) is 16.8 Å². The van der Waals surface area contributed by atoms with E-state index >= 15 is 0 Å². The number of thiophene rings is 2. The van der Waals surface area contributed by atoms with Crippen molar-refractivity contribution in [2.75, 3.05) is 0 Å². The van der Waals surface area contributed by atoms with E-state index in [-0.39, 0.29) is 0 Å².